The molecule has 0 atom stereocenters. The molecule has 5 heteroatoms. The highest BCUT2D eigenvalue weighted by Gasteiger charge is 2.21. The Balaban J connectivity index is 1.93. The highest BCUT2D eigenvalue weighted by Crippen LogP contribution is 2.36. The van der Waals surface area contributed by atoms with Crippen LogP contribution in [-0.2, 0) is 0 Å². The molecule has 138 valence electrons. The van der Waals surface area contributed by atoms with E-state index in [1.165, 1.54) is 13.8 Å². The first-order valence-electron chi connectivity index (χ1n) is 8.90. The summed E-state index contributed by atoms with van der Waals surface area (Å²) in [6, 6.07) is 13.5. The maximum atomic E-state index is 14.2. The van der Waals surface area contributed by atoms with Crippen LogP contribution in [0, 0.1) is 31.3 Å². The van der Waals surface area contributed by atoms with Gasteiger partial charge >= 0.3 is 0 Å². The van der Waals surface area contributed by atoms with Gasteiger partial charge in [-0.05, 0) is 53.6 Å². The van der Waals surface area contributed by atoms with E-state index in [2.05, 4.69) is 4.98 Å². The molecule has 0 aliphatic rings. The van der Waals surface area contributed by atoms with E-state index < -0.39 is 17.5 Å². The summed E-state index contributed by atoms with van der Waals surface area (Å²) in [5.74, 6) is -3.72. The van der Waals surface area contributed by atoms with Crippen molar-refractivity contribution < 1.29 is 13.2 Å². The highest BCUT2D eigenvalue weighted by molar-refractivity contribution is 6.12. The Morgan fingerprint density at radius 2 is 1.46 bits per heavy atom. The lowest BCUT2D eigenvalue weighted by Crippen LogP contribution is -2.02. The third-order valence-corrected chi connectivity index (χ3v) is 5.44. The molecule has 3 aromatic carbocycles. The van der Waals surface area contributed by atoms with Gasteiger partial charge in [0.1, 0.15) is 5.65 Å². The number of pyridine rings is 1. The monoisotopic (exact) mass is 376 g/mol. The number of nitrogens with zero attached hydrogens (tertiary/aromatic N) is 2. The topological polar surface area (TPSA) is 17.3 Å². The molecule has 0 amide bonds. The zero-order valence-corrected chi connectivity index (χ0v) is 15.2. The number of halogens is 3. The molecular weight excluding hydrogens is 361 g/mol. The van der Waals surface area contributed by atoms with Gasteiger partial charge in [0.2, 0.25) is 0 Å². The number of aromatic nitrogens is 2. The molecule has 0 N–H and O–H groups in total. The summed E-state index contributed by atoms with van der Waals surface area (Å²) >= 11 is 0. The molecule has 0 aliphatic carbocycles. The minimum atomic E-state index is -1.43. The standard InChI is InChI=1S/C23H15F3N2/c1-12-19(13(2)21(25)22(26)20(12)24)14-7-8-18-17(11-14)15-5-3-4-6-16(15)23-27-9-10-28(18)23/h3-11H,1-2H3. The lowest BCUT2D eigenvalue weighted by atomic mass is 9.92. The second-order valence-electron chi connectivity index (χ2n) is 6.97. The van der Waals surface area contributed by atoms with Crippen LogP contribution in [0.3, 0.4) is 0 Å². The molecule has 28 heavy (non-hydrogen) atoms. The third-order valence-electron chi connectivity index (χ3n) is 5.44. The van der Waals surface area contributed by atoms with Crippen molar-refractivity contribution in [1.29, 1.82) is 0 Å². The van der Waals surface area contributed by atoms with E-state index in [-0.39, 0.29) is 11.1 Å². The summed E-state index contributed by atoms with van der Waals surface area (Å²) in [7, 11) is 0. The first-order chi connectivity index (χ1) is 13.5. The molecule has 5 aromatic rings. The molecular formula is C23H15F3N2. The van der Waals surface area contributed by atoms with Crippen molar-refractivity contribution in [1.82, 2.24) is 9.38 Å². The van der Waals surface area contributed by atoms with Gasteiger partial charge in [0.05, 0.1) is 5.52 Å². The van der Waals surface area contributed by atoms with E-state index in [0.29, 0.717) is 11.1 Å². The molecule has 0 aliphatic heterocycles. The largest absolute Gasteiger partial charge is 0.299 e. The maximum Gasteiger partial charge on any atom is 0.194 e. The zero-order valence-electron chi connectivity index (χ0n) is 15.2. The molecule has 0 saturated carbocycles. The van der Waals surface area contributed by atoms with E-state index >= 15 is 0 Å². The van der Waals surface area contributed by atoms with Gasteiger partial charge in [-0.25, -0.2) is 18.2 Å². The van der Waals surface area contributed by atoms with Gasteiger partial charge in [0.15, 0.2) is 17.5 Å². The molecule has 5 rings (SSSR count). The lowest BCUT2D eigenvalue weighted by molar-refractivity contribution is 0.440. The molecule has 0 bridgehead atoms. The lowest BCUT2D eigenvalue weighted by Gasteiger charge is -2.15. The average Bonchev–Trinajstić information content (AvgIpc) is 3.21. The predicted octanol–water partition coefficient (Wildman–Crippen LogP) is 6.34. The smallest absolute Gasteiger partial charge is 0.194 e. The molecule has 0 fully saturated rings. The molecule has 0 radical (unpaired) electrons. The number of benzene rings is 3. The number of fused-ring (bicyclic) bond motifs is 6. The second-order valence-corrected chi connectivity index (χ2v) is 6.97. The Labute approximate surface area is 158 Å². The van der Waals surface area contributed by atoms with Crippen LogP contribution in [0.5, 0.6) is 0 Å². The number of rotatable bonds is 1. The SMILES string of the molecule is Cc1c(F)c(F)c(F)c(C)c1-c1ccc2c(c1)c1ccccc1c1nccn21. The van der Waals surface area contributed by atoms with Gasteiger partial charge in [0.25, 0.3) is 0 Å². The molecule has 2 nitrogen and oxygen atoms in total. The van der Waals surface area contributed by atoms with Crippen LogP contribution < -0.4 is 0 Å². The first-order valence-corrected chi connectivity index (χ1v) is 8.90. The van der Waals surface area contributed by atoms with Gasteiger partial charge < -0.3 is 0 Å². The van der Waals surface area contributed by atoms with Crippen molar-refractivity contribution in [2.75, 3.05) is 0 Å². The Morgan fingerprint density at radius 3 is 2.18 bits per heavy atom. The molecule has 2 aromatic heterocycles. The van der Waals surface area contributed by atoms with E-state index in [4.69, 9.17) is 0 Å². The predicted molar refractivity (Wildman–Crippen MR) is 105 cm³/mol. The number of hydrogen-bond donors (Lipinski definition) is 0. The fourth-order valence-corrected chi connectivity index (χ4v) is 4.09. The molecule has 2 heterocycles. The van der Waals surface area contributed by atoms with Crippen LogP contribution in [0.2, 0.25) is 0 Å². The van der Waals surface area contributed by atoms with Gasteiger partial charge in [0, 0.05) is 23.2 Å². The van der Waals surface area contributed by atoms with Crippen molar-refractivity contribution in [2.45, 2.75) is 13.8 Å². The van der Waals surface area contributed by atoms with E-state index in [1.807, 2.05) is 53.1 Å². The van der Waals surface area contributed by atoms with Gasteiger partial charge in [-0.15, -0.1) is 0 Å². The van der Waals surface area contributed by atoms with Gasteiger partial charge in [-0.1, -0.05) is 30.3 Å². The van der Waals surface area contributed by atoms with Gasteiger partial charge in [-0.2, -0.15) is 0 Å². The van der Waals surface area contributed by atoms with Crippen molar-refractivity contribution in [3.63, 3.8) is 0 Å². The van der Waals surface area contributed by atoms with E-state index in [1.54, 1.807) is 6.20 Å². The van der Waals surface area contributed by atoms with Crippen LogP contribution in [0.1, 0.15) is 11.1 Å². The summed E-state index contributed by atoms with van der Waals surface area (Å²) in [6.07, 6.45) is 3.63. The fourth-order valence-electron chi connectivity index (χ4n) is 4.09. The normalized spacial score (nSPS) is 11.8. The summed E-state index contributed by atoms with van der Waals surface area (Å²) in [6.45, 7) is 2.95. The van der Waals surface area contributed by atoms with Crippen LogP contribution in [0.15, 0.2) is 54.9 Å². The first kappa shape index (κ1) is 16.8. The van der Waals surface area contributed by atoms with E-state index in [9.17, 15) is 13.2 Å². The van der Waals surface area contributed by atoms with Crippen molar-refractivity contribution >= 4 is 27.3 Å². The van der Waals surface area contributed by atoms with Crippen molar-refractivity contribution in [3.05, 3.63) is 83.4 Å². The second kappa shape index (κ2) is 5.83. The number of hydrogen-bond acceptors (Lipinski definition) is 1. The maximum absolute atomic E-state index is 14.2. The molecule has 0 unspecified atom stereocenters. The summed E-state index contributed by atoms with van der Waals surface area (Å²) in [4.78, 5) is 4.46. The average molecular weight is 376 g/mol. The highest BCUT2D eigenvalue weighted by atomic mass is 19.2. The Morgan fingerprint density at radius 1 is 0.786 bits per heavy atom. The third kappa shape index (κ3) is 2.13. The summed E-state index contributed by atoms with van der Waals surface area (Å²) in [5.41, 5.74) is 3.01. The fraction of sp³-hybridized carbons (Fsp3) is 0.0870. The Kier molecular flexibility index (Phi) is 3.50. The van der Waals surface area contributed by atoms with E-state index in [0.717, 1.165) is 27.3 Å². The zero-order chi connectivity index (χ0) is 19.6. The quantitative estimate of drug-likeness (QED) is 0.246. The van der Waals surface area contributed by atoms with Crippen LogP contribution >= 0.6 is 0 Å². The minimum absolute atomic E-state index is 0.101. The van der Waals surface area contributed by atoms with Gasteiger partial charge in [-0.3, -0.25) is 4.40 Å². The van der Waals surface area contributed by atoms with Crippen molar-refractivity contribution in [3.8, 4) is 11.1 Å². The van der Waals surface area contributed by atoms with Crippen LogP contribution in [0.4, 0.5) is 13.2 Å². The number of imidazole rings is 1. The Hall–Kier alpha value is -3.34. The van der Waals surface area contributed by atoms with Crippen molar-refractivity contribution in [2.24, 2.45) is 0 Å². The summed E-state index contributed by atoms with van der Waals surface area (Å²) in [5, 5.41) is 2.92. The van der Waals surface area contributed by atoms with Crippen LogP contribution in [-0.4, -0.2) is 9.38 Å². The summed E-state index contributed by atoms with van der Waals surface area (Å²) < 4.78 is 44.2. The molecule has 0 saturated heterocycles. The van der Waals surface area contributed by atoms with Crippen LogP contribution in [0.25, 0.3) is 38.4 Å². The molecule has 0 spiro atoms. The Bertz CT molecular complexity index is 1390. The minimum Gasteiger partial charge on any atom is -0.299 e.